The molecule has 0 spiro atoms. The topological polar surface area (TPSA) is 35.5 Å². The van der Waals surface area contributed by atoms with Crippen LogP contribution in [0.5, 0.6) is 5.75 Å². The molecule has 63 valence electrons. The minimum atomic E-state index is -0.381. The van der Waals surface area contributed by atoms with Gasteiger partial charge in [-0.15, -0.1) is 0 Å². The van der Waals surface area contributed by atoms with Crippen molar-refractivity contribution in [3.8, 4) is 5.75 Å². The van der Waals surface area contributed by atoms with Crippen molar-refractivity contribution >= 4 is 5.97 Å². The largest absolute Gasteiger partial charge is 0.490 e. The van der Waals surface area contributed by atoms with Gasteiger partial charge in [0.25, 0.3) is 0 Å². The van der Waals surface area contributed by atoms with Crippen LogP contribution in [-0.4, -0.2) is 13.1 Å². The molecule has 0 bridgehead atoms. The van der Waals surface area contributed by atoms with Gasteiger partial charge >= 0.3 is 5.97 Å². The minimum Gasteiger partial charge on any atom is -0.490 e. The van der Waals surface area contributed by atoms with E-state index in [4.69, 9.17) is 4.74 Å². The number of rotatable bonds is 2. The lowest BCUT2D eigenvalue weighted by Gasteiger charge is -2.01. The highest BCUT2D eigenvalue weighted by molar-refractivity contribution is 5.89. The second kappa shape index (κ2) is 3.76. The summed E-state index contributed by atoms with van der Waals surface area (Å²) < 4.78 is 9.21. The van der Waals surface area contributed by atoms with Crippen molar-refractivity contribution in [3.05, 3.63) is 36.9 Å². The smallest absolute Gasteiger partial charge is 0.337 e. The Balaban J connectivity index is 2.93. The lowest BCUT2D eigenvalue weighted by atomic mass is 10.2. The van der Waals surface area contributed by atoms with E-state index in [0.29, 0.717) is 11.3 Å². The van der Waals surface area contributed by atoms with Crippen LogP contribution in [0.3, 0.4) is 0 Å². The Bertz CT molecular complexity index is 281. The first-order valence-electron chi connectivity index (χ1n) is 3.38. The zero-order chi connectivity index (χ0) is 8.97. The molecule has 3 nitrogen and oxygen atoms in total. The van der Waals surface area contributed by atoms with E-state index in [1.54, 1.807) is 24.3 Å². The Kier molecular flexibility index (Phi) is 2.69. The lowest BCUT2D eigenvalue weighted by molar-refractivity contribution is 0.0600. The number of methoxy groups -OCH3 is 1. The first kappa shape index (κ1) is 8.59. The Morgan fingerprint density at radius 3 is 2.83 bits per heavy atom. The molecule has 0 N–H and O–H groups in total. The van der Waals surface area contributed by atoms with E-state index in [2.05, 4.69) is 11.8 Å². The van der Waals surface area contributed by atoms with E-state index in [0.717, 1.165) is 0 Å². The van der Waals surface area contributed by atoms with E-state index in [1.165, 1.54) is 7.11 Å². The third-order valence-electron chi connectivity index (χ3n) is 1.42. The fourth-order valence-electron chi connectivity index (χ4n) is 0.831. The first-order valence-corrected chi connectivity index (χ1v) is 3.38. The summed E-state index contributed by atoms with van der Waals surface area (Å²) in [5.41, 5.74) is 0.457. The van der Waals surface area contributed by atoms with Gasteiger partial charge < -0.3 is 9.47 Å². The highest BCUT2D eigenvalue weighted by Crippen LogP contribution is 2.13. The normalized spacial score (nSPS) is 9.17. The van der Waals surface area contributed by atoms with E-state index in [9.17, 15) is 4.79 Å². The maximum Gasteiger partial charge on any atom is 0.337 e. The van der Waals surface area contributed by atoms with Crippen LogP contribution in [0.2, 0.25) is 0 Å². The number of esters is 1. The van der Waals surface area contributed by atoms with Crippen LogP contribution in [0.15, 0.2) is 24.3 Å². The fraction of sp³-hybridized carbons (Fsp3) is 0.111. The molecule has 12 heavy (non-hydrogen) atoms. The van der Waals surface area contributed by atoms with Gasteiger partial charge in [-0.3, -0.25) is 0 Å². The van der Waals surface area contributed by atoms with Crippen molar-refractivity contribution in [2.45, 2.75) is 0 Å². The van der Waals surface area contributed by atoms with Crippen molar-refractivity contribution in [2.24, 2.45) is 0 Å². The molecule has 0 heterocycles. The average Bonchev–Trinajstić information content (AvgIpc) is 2.17. The van der Waals surface area contributed by atoms with Crippen LogP contribution >= 0.6 is 0 Å². The molecule has 0 unspecified atom stereocenters. The van der Waals surface area contributed by atoms with Crippen LogP contribution < -0.4 is 4.74 Å². The molecule has 3 heteroatoms. The molecule has 0 fully saturated rings. The Labute approximate surface area is 70.9 Å². The van der Waals surface area contributed by atoms with E-state index in [1.807, 2.05) is 0 Å². The monoisotopic (exact) mass is 165 g/mol. The molecule has 1 aromatic rings. The zero-order valence-electron chi connectivity index (χ0n) is 6.74. The first-order chi connectivity index (χ1) is 5.77. The summed E-state index contributed by atoms with van der Waals surface area (Å²) in [5, 5.41) is 0. The number of hydrogen-bond acceptors (Lipinski definition) is 3. The van der Waals surface area contributed by atoms with Gasteiger partial charge in [-0.1, -0.05) is 6.07 Å². The highest BCUT2D eigenvalue weighted by Gasteiger charge is 2.04. The van der Waals surface area contributed by atoms with Gasteiger partial charge in [-0.25, -0.2) is 4.79 Å². The van der Waals surface area contributed by atoms with Gasteiger partial charge in [-0.2, -0.15) is 0 Å². The van der Waals surface area contributed by atoms with Crippen molar-refractivity contribution < 1.29 is 14.3 Å². The molecule has 1 aromatic carbocycles. The van der Waals surface area contributed by atoms with E-state index < -0.39 is 0 Å². The maximum absolute atomic E-state index is 11.0. The Hall–Kier alpha value is -1.51. The summed E-state index contributed by atoms with van der Waals surface area (Å²) in [6.07, 6.45) is 0. The third-order valence-corrected chi connectivity index (χ3v) is 1.42. The second-order valence-corrected chi connectivity index (χ2v) is 2.16. The third kappa shape index (κ3) is 1.75. The summed E-state index contributed by atoms with van der Waals surface area (Å²) in [5.74, 6) is 0.159. The number of carbonyl (C=O) groups excluding carboxylic acids is 1. The molecule has 0 amide bonds. The maximum atomic E-state index is 11.0. The van der Waals surface area contributed by atoms with Crippen molar-refractivity contribution in [3.63, 3.8) is 0 Å². The quantitative estimate of drug-likeness (QED) is 0.625. The predicted octanol–water partition coefficient (Wildman–Crippen LogP) is 1.64. The molecule has 0 saturated heterocycles. The summed E-state index contributed by atoms with van der Waals surface area (Å²) in [4.78, 5) is 11.0. The van der Waals surface area contributed by atoms with Gasteiger partial charge in [0.15, 0.2) is 0 Å². The molecular formula is C9H9O3. The van der Waals surface area contributed by atoms with Crippen LogP contribution in [0.1, 0.15) is 10.4 Å². The average molecular weight is 165 g/mol. The molecule has 0 aliphatic carbocycles. The molecule has 1 radical (unpaired) electrons. The van der Waals surface area contributed by atoms with E-state index in [-0.39, 0.29) is 5.97 Å². The molecular weight excluding hydrogens is 156 g/mol. The van der Waals surface area contributed by atoms with Gasteiger partial charge in [0, 0.05) is 0 Å². The van der Waals surface area contributed by atoms with E-state index >= 15 is 0 Å². The van der Waals surface area contributed by atoms with Crippen molar-refractivity contribution in [1.82, 2.24) is 0 Å². The molecule has 0 atom stereocenters. The SMILES string of the molecule is [CH2]Oc1cccc(C(=O)OC)c1. The van der Waals surface area contributed by atoms with Gasteiger partial charge in [0.05, 0.1) is 12.7 Å². The summed E-state index contributed by atoms with van der Waals surface area (Å²) in [6.45, 7) is 0. The summed E-state index contributed by atoms with van der Waals surface area (Å²) in [7, 11) is 4.56. The van der Waals surface area contributed by atoms with Crippen molar-refractivity contribution in [2.75, 3.05) is 7.11 Å². The molecule has 0 aliphatic rings. The minimum absolute atomic E-state index is 0.381. The highest BCUT2D eigenvalue weighted by atomic mass is 16.5. The number of carbonyl (C=O) groups is 1. The fourth-order valence-corrected chi connectivity index (χ4v) is 0.831. The van der Waals surface area contributed by atoms with Crippen molar-refractivity contribution in [1.29, 1.82) is 0 Å². The Morgan fingerprint density at radius 2 is 2.25 bits per heavy atom. The second-order valence-electron chi connectivity index (χ2n) is 2.16. The van der Waals surface area contributed by atoms with Gasteiger partial charge in [0.1, 0.15) is 12.9 Å². The van der Waals surface area contributed by atoms with Gasteiger partial charge in [0.2, 0.25) is 0 Å². The number of hydrogen-bond donors (Lipinski definition) is 0. The predicted molar refractivity (Wildman–Crippen MR) is 43.8 cm³/mol. The number of ether oxygens (including phenoxy) is 2. The standard InChI is InChI=1S/C9H9O3/c1-11-8-5-3-4-7(6-8)9(10)12-2/h3-6H,1H2,2H3. The van der Waals surface area contributed by atoms with Crippen LogP contribution in [0, 0.1) is 7.11 Å². The summed E-state index contributed by atoms with van der Waals surface area (Å²) >= 11 is 0. The van der Waals surface area contributed by atoms with Crippen LogP contribution in [0.4, 0.5) is 0 Å². The van der Waals surface area contributed by atoms with Gasteiger partial charge in [-0.05, 0) is 18.2 Å². The lowest BCUT2D eigenvalue weighted by Crippen LogP contribution is -2.00. The molecule has 1 rings (SSSR count). The van der Waals surface area contributed by atoms with Crippen LogP contribution in [-0.2, 0) is 4.74 Å². The zero-order valence-corrected chi connectivity index (χ0v) is 6.74. The Morgan fingerprint density at radius 1 is 1.50 bits per heavy atom. The molecule has 0 aliphatic heterocycles. The number of benzene rings is 1. The van der Waals surface area contributed by atoms with Crippen LogP contribution in [0.25, 0.3) is 0 Å². The summed E-state index contributed by atoms with van der Waals surface area (Å²) in [6, 6.07) is 6.62. The molecule has 0 aromatic heterocycles. The molecule has 0 saturated carbocycles.